The van der Waals surface area contributed by atoms with E-state index in [1.807, 2.05) is 0 Å². The van der Waals surface area contributed by atoms with Crippen LogP contribution in [0, 0.1) is 18.6 Å². The first-order chi connectivity index (χ1) is 11.5. The summed E-state index contributed by atoms with van der Waals surface area (Å²) in [7, 11) is 1.33. The number of nitrogens with zero attached hydrogens (tertiary/aromatic N) is 2. The fraction of sp³-hybridized carbons (Fsp3) is 0.250. The Balaban J connectivity index is 2.44. The highest BCUT2D eigenvalue weighted by Gasteiger charge is 2.17. The number of hydrogen-bond acceptors (Lipinski definition) is 5. The predicted octanol–water partition coefficient (Wildman–Crippen LogP) is 2.65. The summed E-state index contributed by atoms with van der Waals surface area (Å²) in [5.74, 6) is -2.08. The van der Waals surface area contributed by atoms with E-state index in [9.17, 15) is 13.6 Å². The van der Waals surface area contributed by atoms with Gasteiger partial charge in [-0.1, -0.05) is 6.07 Å². The predicted molar refractivity (Wildman–Crippen MR) is 83.4 cm³/mol. The Labute approximate surface area is 137 Å². The van der Waals surface area contributed by atoms with E-state index in [4.69, 9.17) is 9.57 Å². The molecule has 1 N–H and O–H groups in total. The molecular formula is C16H17F2N3O3. The van der Waals surface area contributed by atoms with Gasteiger partial charge in [-0.15, -0.1) is 0 Å². The molecule has 2 rings (SSSR count). The molecule has 8 heteroatoms. The van der Waals surface area contributed by atoms with E-state index in [2.05, 4.69) is 10.6 Å². The molecule has 0 saturated carbocycles. The molecule has 0 spiro atoms. The summed E-state index contributed by atoms with van der Waals surface area (Å²) >= 11 is 0. The van der Waals surface area contributed by atoms with Crippen LogP contribution in [0.1, 0.15) is 12.5 Å². The van der Waals surface area contributed by atoms with E-state index in [-0.39, 0.29) is 23.6 Å². The molecule has 0 atom stereocenters. The summed E-state index contributed by atoms with van der Waals surface area (Å²) in [4.78, 5) is 16.5. The summed E-state index contributed by atoms with van der Waals surface area (Å²) in [5, 5.41) is 4.12. The average molecular weight is 337 g/mol. The number of benzene rings is 1. The van der Waals surface area contributed by atoms with Crippen LogP contribution in [0.25, 0.3) is 17.5 Å². The van der Waals surface area contributed by atoms with Crippen molar-refractivity contribution in [2.45, 2.75) is 13.8 Å². The zero-order chi connectivity index (χ0) is 17.7. The topological polar surface area (TPSA) is 65.4 Å². The Bertz CT molecular complexity index is 752. The number of ether oxygens (including phenoxy) is 1. The number of esters is 1. The summed E-state index contributed by atoms with van der Waals surface area (Å²) < 4.78 is 34.0. The highest BCUT2D eigenvalue weighted by atomic mass is 19.1. The third kappa shape index (κ3) is 3.77. The maximum atomic E-state index is 13.9. The Morgan fingerprint density at radius 2 is 2.04 bits per heavy atom. The third-order valence-electron chi connectivity index (χ3n) is 3.08. The minimum absolute atomic E-state index is 0.0117. The molecule has 6 nitrogen and oxygen atoms in total. The fourth-order valence-corrected chi connectivity index (χ4v) is 2.09. The summed E-state index contributed by atoms with van der Waals surface area (Å²) in [6, 6.07) is 3.59. The number of aryl methyl sites for hydroxylation is 1. The maximum Gasteiger partial charge on any atom is 0.358 e. The Hall–Kier alpha value is -2.74. The fourth-order valence-electron chi connectivity index (χ4n) is 2.09. The van der Waals surface area contributed by atoms with Crippen molar-refractivity contribution >= 4 is 12.2 Å². The molecule has 0 saturated heterocycles. The Morgan fingerprint density at radius 3 is 2.62 bits per heavy atom. The number of aromatic nitrogens is 2. The van der Waals surface area contributed by atoms with Crippen LogP contribution >= 0.6 is 0 Å². The number of rotatable bonds is 6. The van der Waals surface area contributed by atoms with Crippen molar-refractivity contribution in [3.63, 3.8) is 0 Å². The largest absolute Gasteiger partial charge is 0.461 e. The lowest BCUT2D eigenvalue weighted by Crippen LogP contribution is -2.22. The van der Waals surface area contributed by atoms with Crippen LogP contribution in [0.15, 0.2) is 30.1 Å². The summed E-state index contributed by atoms with van der Waals surface area (Å²) in [6.07, 6.45) is 2.83. The standard InChI is InChI=1S/C16H17F2N3O3/c1-4-24-16(22)13(20-23-3)9-21-8-10(2)15(19-21)14-11(17)6-5-7-12(14)18/h5-9,20H,4H2,1-3H3. The van der Waals surface area contributed by atoms with Crippen LogP contribution in [0.5, 0.6) is 0 Å². The zero-order valence-corrected chi connectivity index (χ0v) is 13.5. The first-order valence-electron chi connectivity index (χ1n) is 7.16. The second-order valence-corrected chi connectivity index (χ2v) is 4.81. The molecule has 0 fully saturated rings. The van der Waals surface area contributed by atoms with E-state index >= 15 is 0 Å². The van der Waals surface area contributed by atoms with E-state index in [1.54, 1.807) is 13.8 Å². The molecule has 1 aromatic heterocycles. The van der Waals surface area contributed by atoms with Crippen LogP contribution in [0.4, 0.5) is 8.78 Å². The number of carbonyl (C=O) groups is 1. The normalized spacial score (nSPS) is 11.5. The number of halogens is 2. The van der Waals surface area contributed by atoms with E-state index in [0.717, 1.165) is 12.1 Å². The number of hydrogen-bond donors (Lipinski definition) is 1. The second kappa shape index (κ2) is 7.69. The minimum atomic E-state index is -0.715. The van der Waals surface area contributed by atoms with Crippen LogP contribution in [0.3, 0.4) is 0 Å². The van der Waals surface area contributed by atoms with E-state index in [1.165, 1.54) is 30.3 Å². The maximum absolute atomic E-state index is 13.9. The van der Waals surface area contributed by atoms with Gasteiger partial charge in [0.25, 0.3) is 0 Å². The lowest BCUT2D eigenvalue weighted by molar-refractivity contribution is -0.140. The Morgan fingerprint density at radius 1 is 1.38 bits per heavy atom. The van der Waals surface area contributed by atoms with Crippen molar-refractivity contribution < 1.29 is 23.1 Å². The lowest BCUT2D eigenvalue weighted by Gasteiger charge is -2.07. The molecular weight excluding hydrogens is 320 g/mol. The van der Waals surface area contributed by atoms with Gasteiger partial charge in [0.1, 0.15) is 17.3 Å². The van der Waals surface area contributed by atoms with Gasteiger partial charge >= 0.3 is 5.97 Å². The van der Waals surface area contributed by atoms with Gasteiger partial charge in [-0.2, -0.15) is 5.10 Å². The Kier molecular flexibility index (Phi) is 5.64. The first kappa shape index (κ1) is 17.6. The van der Waals surface area contributed by atoms with Crippen molar-refractivity contribution in [3.8, 4) is 11.3 Å². The smallest absolute Gasteiger partial charge is 0.358 e. The highest BCUT2D eigenvalue weighted by molar-refractivity contribution is 5.90. The molecule has 0 aliphatic heterocycles. The van der Waals surface area contributed by atoms with Crippen LogP contribution in [0.2, 0.25) is 0 Å². The van der Waals surface area contributed by atoms with Crippen molar-refractivity contribution in [2.75, 3.05) is 13.7 Å². The van der Waals surface area contributed by atoms with Gasteiger partial charge in [0.2, 0.25) is 0 Å². The van der Waals surface area contributed by atoms with Crippen LogP contribution < -0.4 is 5.48 Å². The molecule has 128 valence electrons. The number of nitrogens with one attached hydrogen (secondary N) is 1. The quantitative estimate of drug-likeness (QED) is 0.499. The average Bonchev–Trinajstić information content (AvgIpc) is 2.87. The van der Waals surface area contributed by atoms with Crippen molar-refractivity contribution in [2.24, 2.45) is 0 Å². The van der Waals surface area contributed by atoms with Gasteiger partial charge in [-0.3, -0.25) is 10.3 Å². The van der Waals surface area contributed by atoms with E-state index < -0.39 is 17.6 Å². The van der Waals surface area contributed by atoms with Gasteiger partial charge < -0.3 is 4.74 Å². The van der Waals surface area contributed by atoms with Crippen LogP contribution in [-0.4, -0.2) is 29.5 Å². The van der Waals surface area contributed by atoms with Gasteiger partial charge in [-0.05, 0) is 31.5 Å². The molecule has 0 unspecified atom stereocenters. The molecule has 1 aromatic carbocycles. The monoisotopic (exact) mass is 337 g/mol. The SMILES string of the molecule is CCOC(=O)C(=Cn1cc(C)c(-c2c(F)cccc2F)n1)NOC. The molecule has 24 heavy (non-hydrogen) atoms. The highest BCUT2D eigenvalue weighted by Crippen LogP contribution is 2.27. The molecule has 1 heterocycles. The second-order valence-electron chi connectivity index (χ2n) is 4.81. The summed E-state index contributed by atoms with van der Waals surface area (Å²) in [5.41, 5.74) is 2.83. The van der Waals surface area contributed by atoms with Gasteiger partial charge in [0.05, 0.1) is 25.5 Å². The van der Waals surface area contributed by atoms with Gasteiger partial charge in [0, 0.05) is 6.20 Å². The zero-order valence-electron chi connectivity index (χ0n) is 13.5. The van der Waals surface area contributed by atoms with Crippen LogP contribution in [-0.2, 0) is 14.4 Å². The molecule has 0 radical (unpaired) electrons. The summed E-state index contributed by atoms with van der Waals surface area (Å²) in [6.45, 7) is 3.51. The van der Waals surface area contributed by atoms with Gasteiger partial charge in [-0.25, -0.2) is 18.3 Å². The first-order valence-corrected chi connectivity index (χ1v) is 7.16. The third-order valence-corrected chi connectivity index (χ3v) is 3.08. The molecule has 0 amide bonds. The molecule has 0 bridgehead atoms. The number of carbonyl (C=O) groups excluding carboxylic acids is 1. The van der Waals surface area contributed by atoms with Gasteiger partial charge in [0.15, 0.2) is 5.70 Å². The number of hydroxylamine groups is 1. The van der Waals surface area contributed by atoms with E-state index in [0.29, 0.717) is 5.56 Å². The molecule has 0 aliphatic carbocycles. The minimum Gasteiger partial charge on any atom is -0.461 e. The van der Waals surface area contributed by atoms with Crippen molar-refractivity contribution in [1.29, 1.82) is 0 Å². The van der Waals surface area contributed by atoms with Crippen molar-refractivity contribution in [1.82, 2.24) is 15.3 Å². The lowest BCUT2D eigenvalue weighted by atomic mass is 10.1. The van der Waals surface area contributed by atoms with Crippen molar-refractivity contribution in [3.05, 3.63) is 47.3 Å². The molecule has 0 aliphatic rings. The molecule has 2 aromatic rings.